The molecule has 1 aromatic heterocycles. The van der Waals surface area contributed by atoms with Gasteiger partial charge in [-0.2, -0.15) is 5.10 Å². The normalized spacial score (nSPS) is 11.2. The number of nitrogens with one attached hydrogen (secondary N) is 1. The van der Waals surface area contributed by atoms with Crippen LogP contribution in [0.25, 0.3) is 10.8 Å². The van der Waals surface area contributed by atoms with Gasteiger partial charge in [0.2, 0.25) is 0 Å². The number of phenolic OH excluding ortho intramolecular Hbond substituents is 1. The van der Waals surface area contributed by atoms with Gasteiger partial charge in [-0.25, -0.2) is 10.4 Å². The van der Waals surface area contributed by atoms with Crippen LogP contribution in [0, 0.1) is 6.92 Å². The number of nitrogens with two attached hydrogens (primary N) is 1. The highest BCUT2D eigenvalue weighted by molar-refractivity contribution is 7.17. The van der Waals surface area contributed by atoms with Gasteiger partial charge in [0.05, 0.1) is 11.9 Å². The standard InChI is InChI=1S/C16H14N4O2S/c1-9-14(23-16(17)19-9)15(22)20-18-8-12-11-5-3-2-4-10(11)6-7-13(12)21/h2-8,21H,1H3,(H2,17,19)(H,20,22). The van der Waals surface area contributed by atoms with Gasteiger partial charge in [-0.15, -0.1) is 0 Å². The molecule has 0 radical (unpaired) electrons. The van der Waals surface area contributed by atoms with Crippen molar-refractivity contribution in [3.63, 3.8) is 0 Å². The molecule has 4 N–H and O–H groups in total. The third-order valence-electron chi connectivity index (χ3n) is 3.33. The highest BCUT2D eigenvalue weighted by Crippen LogP contribution is 2.25. The molecule has 1 amide bonds. The van der Waals surface area contributed by atoms with Crippen LogP contribution in [-0.2, 0) is 0 Å². The van der Waals surface area contributed by atoms with Crippen molar-refractivity contribution in [3.8, 4) is 5.75 Å². The molecule has 7 heteroatoms. The topological polar surface area (TPSA) is 101 Å². The van der Waals surface area contributed by atoms with E-state index in [1.165, 1.54) is 6.21 Å². The van der Waals surface area contributed by atoms with Crippen molar-refractivity contribution in [2.75, 3.05) is 5.73 Å². The molecular weight excluding hydrogens is 312 g/mol. The lowest BCUT2D eigenvalue weighted by molar-refractivity contribution is 0.0958. The summed E-state index contributed by atoms with van der Waals surface area (Å²) in [5, 5.41) is 16.1. The monoisotopic (exact) mass is 326 g/mol. The fourth-order valence-electron chi connectivity index (χ4n) is 2.25. The van der Waals surface area contributed by atoms with Crippen molar-refractivity contribution in [1.29, 1.82) is 0 Å². The van der Waals surface area contributed by atoms with Crippen molar-refractivity contribution in [2.24, 2.45) is 5.10 Å². The van der Waals surface area contributed by atoms with E-state index in [1.54, 1.807) is 13.0 Å². The Morgan fingerprint density at radius 2 is 2.13 bits per heavy atom. The van der Waals surface area contributed by atoms with E-state index in [0.717, 1.165) is 22.1 Å². The average molecular weight is 326 g/mol. The summed E-state index contributed by atoms with van der Waals surface area (Å²) in [4.78, 5) is 16.5. The van der Waals surface area contributed by atoms with E-state index >= 15 is 0 Å². The highest BCUT2D eigenvalue weighted by Gasteiger charge is 2.13. The number of carbonyl (C=O) groups is 1. The summed E-state index contributed by atoms with van der Waals surface area (Å²) in [7, 11) is 0. The van der Waals surface area contributed by atoms with Crippen molar-refractivity contribution < 1.29 is 9.90 Å². The molecule has 0 bridgehead atoms. The van der Waals surface area contributed by atoms with Gasteiger partial charge in [0.1, 0.15) is 10.6 Å². The lowest BCUT2D eigenvalue weighted by Gasteiger charge is -2.04. The zero-order chi connectivity index (χ0) is 16.4. The number of aromatic nitrogens is 1. The number of thiazole rings is 1. The number of aryl methyl sites for hydroxylation is 1. The zero-order valence-corrected chi connectivity index (χ0v) is 13.1. The van der Waals surface area contributed by atoms with Gasteiger partial charge in [-0.3, -0.25) is 4.79 Å². The maximum atomic E-state index is 12.0. The minimum Gasteiger partial charge on any atom is -0.507 e. The van der Waals surface area contributed by atoms with Crippen LogP contribution in [0.4, 0.5) is 5.13 Å². The SMILES string of the molecule is Cc1nc(N)sc1C(=O)NN=Cc1c(O)ccc2ccccc12. The first kappa shape index (κ1) is 15.0. The first-order chi connectivity index (χ1) is 11.1. The average Bonchev–Trinajstić information content (AvgIpc) is 2.88. The molecule has 0 saturated carbocycles. The van der Waals surface area contributed by atoms with Crippen LogP contribution < -0.4 is 11.2 Å². The Balaban J connectivity index is 1.85. The van der Waals surface area contributed by atoms with Gasteiger partial charge < -0.3 is 10.8 Å². The number of fused-ring (bicyclic) bond motifs is 1. The molecule has 0 fully saturated rings. The zero-order valence-electron chi connectivity index (χ0n) is 12.3. The number of hydrogen-bond donors (Lipinski definition) is 3. The summed E-state index contributed by atoms with van der Waals surface area (Å²) in [6.07, 6.45) is 1.43. The molecule has 0 saturated heterocycles. The fraction of sp³-hybridized carbons (Fsp3) is 0.0625. The minimum absolute atomic E-state index is 0.0971. The van der Waals surface area contributed by atoms with Crippen LogP contribution in [0.1, 0.15) is 20.9 Å². The van der Waals surface area contributed by atoms with Crippen molar-refractivity contribution in [1.82, 2.24) is 10.4 Å². The number of hydrogen-bond acceptors (Lipinski definition) is 6. The van der Waals surface area contributed by atoms with E-state index < -0.39 is 0 Å². The molecule has 23 heavy (non-hydrogen) atoms. The number of nitrogen functional groups attached to an aromatic ring is 1. The maximum absolute atomic E-state index is 12.0. The number of aromatic hydroxyl groups is 1. The summed E-state index contributed by atoms with van der Waals surface area (Å²) in [6.45, 7) is 1.71. The molecule has 0 aliphatic heterocycles. The predicted octanol–water partition coefficient (Wildman–Crippen LogP) is 2.66. The van der Waals surface area contributed by atoms with E-state index in [4.69, 9.17) is 5.73 Å². The van der Waals surface area contributed by atoms with Gasteiger partial charge in [0.15, 0.2) is 5.13 Å². The smallest absolute Gasteiger partial charge is 0.283 e. The lowest BCUT2D eigenvalue weighted by atomic mass is 10.0. The summed E-state index contributed by atoms with van der Waals surface area (Å²) in [6, 6.07) is 11.0. The molecular formula is C16H14N4O2S. The Labute approximate surface area is 136 Å². The van der Waals surface area contributed by atoms with Crippen molar-refractivity contribution in [2.45, 2.75) is 6.92 Å². The first-order valence-corrected chi connectivity index (χ1v) is 7.65. The number of anilines is 1. The summed E-state index contributed by atoms with van der Waals surface area (Å²) < 4.78 is 0. The van der Waals surface area contributed by atoms with Gasteiger partial charge in [0.25, 0.3) is 5.91 Å². The number of hydrazone groups is 1. The highest BCUT2D eigenvalue weighted by atomic mass is 32.1. The summed E-state index contributed by atoms with van der Waals surface area (Å²) in [5.41, 5.74) is 9.11. The van der Waals surface area contributed by atoms with E-state index in [9.17, 15) is 9.90 Å². The Morgan fingerprint density at radius 1 is 1.35 bits per heavy atom. The van der Waals surface area contributed by atoms with Crippen molar-refractivity contribution >= 4 is 39.4 Å². The van der Waals surface area contributed by atoms with Crippen LogP contribution in [0.2, 0.25) is 0 Å². The van der Waals surface area contributed by atoms with E-state index in [1.807, 2.05) is 30.3 Å². The summed E-state index contributed by atoms with van der Waals surface area (Å²) >= 11 is 1.11. The Kier molecular flexibility index (Phi) is 3.94. The molecule has 0 spiro atoms. The first-order valence-electron chi connectivity index (χ1n) is 6.83. The van der Waals surface area contributed by atoms with Crippen LogP contribution in [0.3, 0.4) is 0 Å². The number of phenols is 1. The van der Waals surface area contributed by atoms with Gasteiger partial charge in [0, 0.05) is 5.56 Å². The van der Waals surface area contributed by atoms with Gasteiger partial charge >= 0.3 is 0 Å². The lowest BCUT2D eigenvalue weighted by Crippen LogP contribution is -2.17. The van der Waals surface area contributed by atoms with Crippen LogP contribution in [-0.4, -0.2) is 22.2 Å². The number of carbonyl (C=O) groups excluding carboxylic acids is 1. The molecule has 0 unspecified atom stereocenters. The van der Waals surface area contributed by atoms with E-state index in [2.05, 4.69) is 15.5 Å². The van der Waals surface area contributed by atoms with Crippen LogP contribution >= 0.6 is 11.3 Å². The number of amides is 1. The van der Waals surface area contributed by atoms with Gasteiger partial charge in [-0.1, -0.05) is 41.7 Å². The van der Waals surface area contributed by atoms with Crippen LogP contribution in [0.15, 0.2) is 41.5 Å². The quantitative estimate of drug-likeness (QED) is 0.509. The van der Waals surface area contributed by atoms with Crippen molar-refractivity contribution in [3.05, 3.63) is 52.5 Å². The third-order valence-corrected chi connectivity index (χ3v) is 4.31. The molecule has 0 atom stereocenters. The largest absolute Gasteiger partial charge is 0.507 e. The van der Waals surface area contributed by atoms with E-state index in [-0.39, 0.29) is 11.7 Å². The minimum atomic E-state index is -0.382. The Bertz CT molecular complexity index is 918. The molecule has 6 nitrogen and oxygen atoms in total. The van der Waals surface area contributed by atoms with Gasteiger partial charge in [-0.05, 0) is 23.8 Å². The number of nitrogens with zero attached hydrogens (tertiary/aromatic N) is 2. The predicted molar refractivity (Wildman–Crippen MR) is 91.9 cm³/mol. The second kappa shape index (κ2) is 6.05. The van der Waals surface area contributed by atoms with E-state index in [0.29, 0.717) is 21.3 Å². The third kappa shape index (κ3) is 3.00. The van der Waals surface area contributed by atoms with Crippen LogP contribution in [0.5, 0.6) is 5.75 Å². The molecule has 2 aromatic carbocycles. The molecule has 3 rings (SSSR count). The Hall–Kier alpha value is -2.93. The maximum Gasteiger partial charge on any atom is 0.283 e. The molecule has 0 aliphatic carbocycles. The number of rotatable bonds is 3. The molecule has 116 valence electrons. The fourth-order valence-corrected chi connectivity index (χ4v) is 2.98. The molecule has 1 heterocycles. The Morgan fingerprint density at radius 3 is 2.87 bits per heavy atom. The molecule has 0 aliphatic rings. The molecule has 3 aromatic rings. The second-order valence-electron chi connectivity index (χ2n) is 4.89. The second-order valence-corrected chi connectivity index (χ2v) is 5.92. The summed E-state index contributed by atoms with van der Waals surface area (Å²) in [5.74, 6) is -0.285. The number of benzene rings is 2.